The summed E-state index contributed by atoms with van der Waals surface area (Å²) in [5, 5.41) is 0.0624. The number of rotatable bonds is 6. The number of ketones is 1. The topological polar surface area (TPSA) is 54.0 Å². The van der Waals surface area contributed by atoms with E-state index in [1.54, 1.807) is 14.0 Å². The number of ether oxygens (including phenoxy) is 2. The quantitative estimate of drug-likeness (QED) is 0.632. The van der Waals surface area contributed by atoms with Gasteiger partial charge >= 0.3 is 0 Å². The Kier molecular flexibility index (Phi) is 6.91. The van der Waals surface area contributed by atoms with E-state index in [-0.39, 0.29) is 23.0 Å². The monoisotopic (exact) mass is 390 g/mol. The Morgan fingerprint density at radius 3 is 2.04 bits per heavy atom. The summed E-state index contributed by atoms with van der Waals surface area (Å²) < 4.78 is 24.6. The second kappa shape index (κ2) is 7.52. The average Bonchev–Trinajstić information content (AvgIpc) is 2.38. The summed E-state index contributed by atoms with van der Waals surface area (Å²) in [6, 6.07) is 0. The molecule has 25 heavy (non-hydrogen) atoms. The van der Waals surface area contributed by atoms with E-state index in [9.17, 15) is 4.79 Å². The van der Waals surface area contributed by atoms with Crippen LogP contribution >= 0.6 is 0 Å². The number of carbonyl (C=O) groups is 1. The Hall–Kier alpha value is -0.0562. The fourth-order valence-corrected chi connectivity index (χ4v) is 5.78. The molecular formula is C18H38O5Si2. The lowest BCUT2D eigenvalue weighted by atomic mass is 9.84. The lowest BCUT2D eigenvalue weighted by Crippen LogP contribution is -2.64. The second-order valence-corrected chi connectivity index (χ2v) is 18.8. The Bertz CT molecular complexity index is 481. The Labute approximate surface area is 156 Å². The molecule has 0 bridgehead atoms. The third-order valence-corrected chi connectivity index (χ3v) is 10.9. The maximum Gasteiger partial charge on any atom is 0.192 e. The molecule has 1 saturated heterocycles. The first-order valence-electron chi connectivity index (χ1n) is 9.13. The molecule has 0 spiro atoms. The maximum atomic E-state index is 12.6. The van der Waals surface area contributed by atoms with Crippen molar-refractivity contribution in [2.75, 3.05) is 7.11 Å². The molecule has 4 atom stereocenters. The molecule has 0 aromatic rings. The van der Waals surface area contributed by atoms with Crippen LogP contribution < -0.4 is 0 Å². The van der Waals surface area contributed by atoms with Gasteiger partial charge in [0.25, 0.3) is 0 Å². The van der Waals surface area contributed by atoms with E-state index in [0.717, 1.165) is 0 Å². The van der Waals surface area contributed by atoms with Crippen LogP contribution in [0.5, 0.6) is 0 Å². The normalized spacial score (nSPS) is 31.9. The van der Waals surface area contributed by atoms with E-state index in [4.69, 9.17) is 18.3 Å². The maximum absolute atomic E-state index is 12.6. The lowest BCUT2D eigenvalue weighted by Gasteiger charge is -2.51. The van der Waals surface area contributed by atoms with Crippen LogP contribution in [0.3, 0.4) is 0 Å². The number of methoxy groups -OCH3 is 1. The summed E-state index contributed by atoms with van der Waals surface area (Å²) in [4.78, 5) is 12.6. The van der Waals surface area contributed by atoms with Crippen molar-refractivity contribution in [2.24, 2.45) is 0 Å². The number of carbonyl (C=O) groups excluding carboxylic acids is 1. The van der Waals surface area contributed by atoms with Crippen LogP contribution in [0.1, 0.15) is 41.0 Å². The van der Waals surface area contributed by atoms with E-state index in [2.05, 4.69) is 53.5 Å². The van der Waals surface area contributed by atoms with E-state index in [0.29, 0.717) is 6.42 Å². The molecule has 1 fully saturated rings. The highest BCUT2D eigenvalue weighted by molar-refractivity contribution is 6.74. The summed E-state index contributed by atoms with van der Waals surface area (Å²) in [6.45, 7) is 20.8. The number of hydrogen-bond acceptors (Lipinski definition) is 5. The molecule has 0 aromatic carbocycles. The van der Waals surface area contributed by atoms with Crippen molar-refractivity contribution in [3.05, 3.63) is 0 Å². The van der Waals surface area contributed by atoms with Gasteiger partial charge in [-0.2, -0.15) is 0 Å². The summed E-state index contributed by atoms with van der Waals surface area (Å²) in [5.41, 5.74) is -0.966. The molecule has 0 amide bonds. The largest absolute Gasteiger partial charge is 0.409 e. The highest BCUT2D eigenvalue weighted by Crippen LogP contribution is 2.42. The molecule has 148 valence electrons. The van der Waals surface area contributed by atoms with Gasteiger partial charge in [-0.25, -0.2) is 0 Å². The van der Waals surface area contributed by atoms with E-state index in [1.165, 1.54) is 0 Å². The standard InChI is InChI=1S/C18H38O5Si2/c1-13(19)18(23-24(7,8)9)12-15(16(20-6)21-14(18)2)22-25(10,11)17(3,4)5/h14-16H,12H2,1-11H3/t14-,15-,16+,18+/m1/s1. The van der Waals surface area contributed by atoms with Crippen molar-refractivity contribution in [3.63, 3.8) is 0 Å². The van der Waals surface area contributed by atoms with Crippen LogP contribution in [0.4, 0.5) is 0 Å². The van der Waals surface area contributed by atoms with Crippen molar-refractivity contribution < 1.29 is 23.1 Å². The zero-order valence-electron chi connectivity index (χ0n) is 18.0. The summed E-state index contributed by atoms with van der Waals surface area (Å²) in [7, 11) is -2.38. The highest BCUT2D eigenvalue weighted by Gasteiger charge is 2.55. The van der Waals surface area contributed by atoms with Crippen LogP contribution in [0.2, 0.25) is 37.8 Å². The predicted octanol–water partition coefficient (Wildman–Crippen LogP) is 4.34. The molecule has 1 rings (SSSR count). The van der Waals surface area contributed by atoms with E-state index < -0.39 is 28.5 Å². The SMILES string of the molecule is CO[C@H]1O[C@H](C)[C@@](O[Si](C)(C)C)(C(C)=O)C[C@H]1O[Si](C)(C)C(C)(C)C. The minimum atomic E-state index is -2.04. The molecule has 0 radical (unpaired) electrons. The molecule has 0 unspecified atom stereocenters. The molecule has 0 saturated carbocycles. The Morgan fingerprint density at radius 2 is 1.68 bits per heavy atom. The van der Waals surface area contributed by atoms with Gasteiger partial charge in [0.15, 0.2) is 28.7 Å². The van der Waals surface area contributed by atoms with Crippen molar-refractivity contribution in [3.8, 4) is 0 Å². The molecular weight excluding hydrogens is 352 g/mol. The molecule has 0 aromatic heterocycles. The molecule has 7 heteroatoms. The zero-order chi connectivity index (χ0) is 19.8. The molecule has 1 aliphatic heterocycles. The Morgan fingerprint density at radius 1 is 1.16 bits per heavy atom. The van der Waals surface area contributed by atoms with Crippen LogP contribution in [-0.4, -0.2) is 53.6 Å². The van der Waals surface area contributed by atoms with Gasteiger partial charge in [0, 0.05) is 13.5 Å². The van der Waals surface area contributed by atoms with Gasteiger partial charge in [-0.3, -0.25) is 4.79 Å². The summed E-state index contributed by atoms with van der Waals surface area (Å²) in [5.74, 6) is 0.000750. The third-order valence-electron chi connectivity index (χ3n) is 5.37. The van der Waals surface area contributed by atoms with Crippen molar-refractivity contribution >= 4 is 22.4 Å². The van der Waals surface area contributed by atoms with Crippen LogP contribution in [0, 0.1) is 0 Å². The molecule has 0 aliphatic carbocycles. The first kappa shape index (κ1) is 23.0. The van der Waals surface area contributed by atoms with Gasteiger partial charge in [0.05, 0.1) is 12.2 Å². The lowest BCUT2D eigenvalue weighted by molar-refractivity contribution is -0.266. The number of Topliss-reactive ketones (excluding diaryl/α,β-unsaturated/α-hetero) is 1. The highest BCUT2D eigenvalue weighted by atomic mass is 28.4. The van der Waals surface area contributed by atoms with Gasteiger partial charge in [-0.1, -0.05) is 20.8 Å². The van der Waals surface area contributed by atoms with Gasteiger partial charge in [-0.15, -0.1) is 0 Å². The van der Waals surface area contributed by atoms with Gasteiger partial charge in [0.2, 0.25) is 0 Å². The van der Waals surface area contributed by atoms with Gasteiger partial charge in [0.1, 0.15) is 5.60 Å². The fourth-order valence-electron chi connectivity index (χ4n) is 2.99. The second-order valence-electron chi connectivity index (χ2n) is 9.66. The summed E-state index contributed by atoms with van der Waals surface area (Å²) in [6.07, 6.45) is -0.705. The van der Waals surface area contributed by atoms with Gasteiger partial charge in [-0.05, 0) is 51.6 Å². The molecule has 0 N–H and O–H groups in total. The van der Waals surface area contributed by atoms with Crippen molar-refractivity contribution in [2.45, 2.75) is 103 Å². The van der Waals surface area contributed by atoms with Crippen LogP contribution in [0.15, 0.2) is 0 Å². The first-order chi connectivity index (χ1) is 11.1. The number of hydrogen-bond donors (Lipinski definition) is 0. The van der Waals surface area contributed by atoms with Crippen molar-refractivity contribution in [1.29, 1.82) is 0 Å². The minimum absolute atomic E-state index is 0.000750. The zero-order valence-corrected chi connectivity index (χ0v) is 20.0. The smallest absolute Gasteiger partial charge is 0.192 e. The predicted molar refractivity (Wildman–Crippen MR) is 106 cm³/mol. The van der Waals surface area contributed by atoms with Crippen LogP contribution in [0.25, 0.3) is 0 Å². The van der Waals surface area contributed by atoms with Gasteiger partial charge < -0.3 is 18.3 Å². The Balaban J connectivity index is 3.22. The van der Waals surface area contributed by atoms with Crippen LogP contribution in [-0.2, 0) is 23.1 Å². The fraction of sp³-hybridized carbons (Fsp3) is 0.944. The molecule has 5 nitrogen and oxygen atoms in total. The molecule has 1 heterocycles. The average molecular weight is 391 g/mol. The minimum Gasteiger partial charge on any atom is -0.409 e. The van der Waals surface area contributed by atoms with E-state index in [1.807, 2.05) is 6.92 Å². The van der Waals surface area contributed by atoms with Crippen molar-refractivity contribution in [1.82, 2.24) is 0 Å². The first-order valence-corrected chi connectivity index (χ1v) is 15.4. The third kappa shape index (κ3) is 5.23. The van der Waals surface area contributed by atoms with E-state index >= 15 is 0 Å². The molecule has 1 aliphatic rings. The summed E-state index contributed by atoms with van der Waals surface area (Å²) >= 11 is 0.